The molecule has 0 aliphatic heterocycles. The lowest BCUT2D eigenvalue weighted by Crippen LogP contribution is -2.06. The van der Waals surface area contributed by atoms with Crippen LogP contribution >= 0.6 is 11.6 Å². The summed E-state index contributed by atoms with van der Waals surface area (Å²) in [6.45, 7) is 1.42. The van der Waals surface area contributed by atoms with Crippen LogP contribution in [0.15, 0.2) is 12.1 Å². The molecule has 0 radical (unpaired) electrons. The summed E-state index contributed by atoms with van der Waals surface area (Å²) >= 11 is 5.72. The molecule has 0 spiro atoms. The van der Waals surface area contributed by atoms with E-state index in [4.69, 9.17) is 21.4 Å². The Balaban J connectivity index is 2.50. The molecule has 2 N–H and O–H groups in total. The molecule has 5 nitrogen and oxygen atoms in total. The van der Waals surface area contributed by atoms with Crippen LogP contribution < -0.4 is 5.32 Å². The second-order valence-electron chi connectivity index (χ2n) is 3.50. The van der Waals surface area contributed by atoms with E-state index in [1.807, 2.05) is 0 Å². The van der Waals surface area contributed by atoms with Crippen LogP contribution in [0, 0.1) is 0 Å². The van der Waals surface area contributed by atoms with Gasteiger partial charge in [0, 0.05) is 20.3 Å². The van der Waals surface area contributed by atoms with Crippen molar-refractivity contribution in [1.82, 2.24) is 4.98 Å². The molecule has 0 bridgehead atoms. The van der Waals surface area contributed by atoms with Gasteiger partial charge in [-0.25, -0.2) is 9.78 Å². The smallest absolute Gasteiger partial charge is 0.335 e. The first-order valence-electron chi connectivity index (χ1n) is 5.27. The predicted octanol–water partition coefficient (Wildman–Crippen LogP) is 2.27. The summed E-state index contributed by atoms with van der Waals surface area (Å²) in [7, 11) is 1.66. The van der Waals surface area contributed by atoms with Crippen molar-refractivity contribution in [2.45, 2.75) is 12.8 Å². The monoisotopic (exact) mass is 258 g/mol. The Morgan fingerprint density at radius 3 is 2.94 bits per heavy atom. The summed E-state index contributed by atoms with van der Waals surface area (Å²) in [6.07, 6.45) is 1.86. The zero-order chi connectivity index (χ0) is 12.7. The number of aromatic carboxylic acids is 1. The molecule has 1 aromatic rings. The van der Waals surface area contributed by atoms with Gasteiger partial charge in [0.15, 0.2) is 0 Å². The molecule has 94 valence electrons. The zero-order valence-corrected chi connectivity index (χ0v) is 10.3. The molecule has 0 aromatic carbocycles. The zero-order valence-electron chi connectivity index (χ0n) is 9.57. The van der Waals surface area contributed by atoms with Gasteiger partial charge in [-0.05, 0) is 25.0 Å². The second-order valence-corrected chi connectivity index (χ2v) is 3.88. The Morgan fingerprint density at radius 1 is 1.53 bits per heavy atom. The molecule has 1 rings (SSSR count). The maximum Gasteiger partial charge on any atom is 0.335 e. The maximum atomic E-state index is 10.8. The van der Waals surface area contributed by atoms with Crippen molar-refractivity contribution in [2.24, 2.45) is 0 Å². The Morgan fingerprint density at radius 2 is 2.29 bits per heavy atom. The van der Waals surface area contributed by atoms with E-state index in [1.54, 1.807) is 7.11 Å². The van der Waals surface area contributed by atoms with Gasteiger partial charge in [-0.2, -0.15) is 0 Å². The van der Waals surface area contributed by atoms with Gasteiger partial charge in [0.2, 0.25) is 0 Å². The third kappa shape index (κ3) is 5.01. The highest BCUT2D eigenvalue weighted by Gasteiger charge is 2.06. The molecule has 0 saturated carbocycles. The number of nitrogens with zero attached hydrogens (tertiary/aromatic N) is 1. The Kier molecular flexibility index (Phi) is 5.72. The molecule has 0 aliphatic rings. The van der Waals surface area contributed by atoms with Crippen LogP contribution in [-0.2, 0) is 4.74 Å². The van der Waals surface area contributed by atoms with Crippen molar-refractivity contribution in [3.05, 3.63) is 22.8 Å². The number of aromatic nitrogens is 1. The normalized spacial score (nSPS) is 10.2. The molecular weight excluding hydrogens is 244 g/mol. The number of hydrogen-bond acceptors (Lipinski definition) is 4. The van der Waals surface area contributed by atoms with Crippen molar-refractivity contribution < 1.29 is 14.6 Å². The summed E-state index contributed by atoms with van der Waals surface area (Å²) in [4.78, 5) is 14.8. The largest absolute Gasteiger partial charge is 0.478 e. The van der Waals surface area contributed by atoms with Crippen LogP contribution in [0.1, 0.15) is 23.2 Å². The van der Waals surface area contributed by atoms with Gasteiger partial charge >= 0.3 is 5.97 Å². The number of hydrogen-bond donors (Lipinski definition) is 2. The summed E-state index contributed by atoms with van der Waals surface area (Å²) in [5, 5.41) is 12.0. The van der Waals surface area contributed by atoms with Crippen LogP contribution in [0.2, 0.25) is 5.15 Å². The lowest BCUT2D eigenvalue weighted by atomic mass is 10.2. The van der Waals surface area contributed by atoms with Gasteiger partial charge < -0.3 is 15.2 Å². The molecule has 1 heterocycles. The number of carbonyl (C=O) groups is 1. The molecular formula is C11H15ClN2O3. The van der Waals surface area contributed by atoms with Crippen LogP contribution in [-0.4, -0.2) is 36.3 Å². The van der Waals surface area contributed by atoms with Crippen molar-refractivity contribution in [1.29, 1.82) is 0 Å². The summed E-state index contributed by atoms with van der Waals surface area (Å²) in [5.74, 6) is -0.538. The van der Waals surface area contributed by atoms with Gasteiger partial charge in [0.25, 0.3) is 0 Å². The van der Waals surface area contributed by atoms with Gasteiger partial charge in [-0.3, -0.25) is 0 Å². The van der Waals surface area contributed by atoms with Crippen LogP contribution in [0.4, 0.5) is 5.82 Å². The highest BCUT2D eigenvalue weighted by molar-refractivity contribution is 6.29. The molecule has 0 aliphatic carbocycles. The van der Waals surface area contributed by atoms with Crippen molar-refractivity contribution >= 4 is 23.4 Å². The Labute approximate surface area is 105 Å². The number of unbranched alkanes of at least 4 members (excludes halogenated alkanes) is 1. The topological polar surface area (TPSA) is 71.5 Å². The van der Waals surface area contributed by atoms with E-state index in [0.29, 0.717) is 19.0 Å². The SMILES string of the molecule is COCCCCNc1cc(C(=O)O)cc(Cl)n1. The number of methoxy groups -OCH3 is 1. The lowest BCUT2D eigenvalue weighted by molar-refractivity contribution is 0.0697. The standard InChI is InChI=1S/C11H15ClN2O3/c1-17-5-3-2-4-13-10-7-8(11(15)16)6-9(12)14-10/h6-7H,2-5H2,1H3,(H,13,14)(H,15,16). The highest BCUT2D eigenvalue weighted by Crippen LogP contribution is 2.14. The fraction of sp³-hybridized carbons (Fsp3) is 0.455. The van der Waals surface area contributed by atoms with E-state index in [1.165, 1.54) is 12.1 Å². The molecule has 0 fully saturated rings. The molecule has 6 heteroatoms. The summed E-state index contributed by atoms with van der Waals surface area (Å²) < 4.78 is 4.92. The summed E-state index contributed by atoms with van der Waals surface area (Å²) in [6, 6.07) is 2.78. The molecule has 0 atom stereocenters. The fourth-order valence-electron chi connectivity index (χ4n) is 1.30. The quantitative estimate of drug-likeness (QED) is 0.580. The minimum absolute atomic E-state index is 0.129. The van der Waals surface area contributed by atoms with E-state index in [0.717, 1.165) is 12.8 Å². The molecule has 0 amide bonds. The maximum absolute atomic E-state index is 10.8. The van der Waals surface area contributed by atoms with Crippen molar-refractivity contribution in [3.63, 3.8) is 0 Å². The molecule has 0 saturated heterocycles. The van der Waals surface area contributed by atoms with Gasteiger partial charge in [-0.15, -0.1) is 0 Å². The van der Waals surface area contributed by atoms with Crippen molar-refractivity contribution in [3.8, 4) is 0 Å². The summed E-state index contributed by atoms with van der Waals surface area (Å²) in [5.41, 5.74) is 0.129. The molecule has 1 aromatic heterocycles. The van der Waals surface area contributed by atoms with E-state index in [9.17, 15) is 4.79 Å². The molecule has 0 unspecified atom stereocenters. The predicted molar refractivity (Wildman–Crippen MR) is 65.8 cm³/mol. The first kappa shape index (κ1) is 13.7. The Bertz CT molecular complexity index is 385. The Hall–Kier alpha value is -1.33. The third-order valence-electron chi connectivity index (χ3n) is 2.12. The van der Waals surface area contributed by atoms with Gasteiger partial charge in [-0.1, -0.05) is 11.6 Å². The minimum atomic E-state index is -1.02. The number of pyridine rings is 1. The van der Waals surface area contributed by atoms with Crippen LogP contribution in [0.3, 0.4) is 0 Å². The van der Waals surface area contributed by atoms with Gasteiger partial charge in [0.1, 0.15) is 11.0 Å². The van der Waals surface area contributed by atoms with E-state index >= 15 is 0 Å². The number of anilines is 1. The van der Waals surface area contributed by atoms with E-state index in [-0.39, 0.29) is 10.7 Å². The highest BCUT2D eigenvalue weighted by atomic mass is 35.5. The van der Waals surface area contributed by atoms with Crippen LogP contribution in [0.25, 0.3) is 0 Å². The third-order valence-corrected chi connectivity index (χ3v) is 2.32. The number of ether oxygens (including phenoxy) is 1. The first-order chi connectivity index (χ1) is 8.13. The van der Waals surface area contributed by atoms with Crippen LogP contribution in [0.5, 0.6) is 0 Å². The fourth-order valence-corrected chi connectivity index (χ4v) is 1.51. The van der Waals surface area contributed by atoms with Gasteiger partial charge in [0.05, 0.1) is 5.56 Å². The second kappa shape index (κ2) is 7.09. The van der Waals surface area contributed by atoms with E-state index < -0.39 is 5.97 Å². The van der Waals surface area contributed by atoms with E-state index in [2.05, 4.69) is 10.3 Å². The molecule has 17 heavy (non-hydrogen) atoms. The number of rotatable bonds is 7. The number of carboxylic acids is 1. The average molecular weight is 259 g/mol. The average Bonchev–Trinajstić information content (AvgIpc) is 2.28. The first-order valence-corrected chi connectivity index (χ1v) is 5.65. The number of nitrogens with one attached hydrogen (secondary N) is 1. The lowest BCUT2D eigenvalue weighted by Gasteiger charge is -2.06. The number of halogens is 1. The number of carboxylic acid groups (broad SMARTS) is 1. The van der Waals surface area contributed by atoms with Crippen molar-refractivity contribution in [2.75, 3.05) is 25.6 Å². The minimum Gasteiger partial charge on any atom is -0.478 e.